The lowest BCUT2D eigenvalue weighted by Crippen LogP contribution is -2.34. The molecule has 136 valence electrons. The number of pyridine rings is 1. The molecule has 1 heterocycles. The second kappa shape index (κ2) is 7.83. The molecule has 2 N–H and O–H groups in total. The third-order valence-corrected chi connectivity index (χ3v) is 4.37. The zero-order chi connectivity index (χ0) is 19.3. The van der Waals surface area contributed by atoms with Crippen LogP contribution in [-0.4, -0.2) is 16.8 Å². The summed E-state index contributed by atoms with van der Waals surface area (Å²) < 4.78 is 0. The maximum Gasteiger partial charge on any atom is 0.257 e. The molecule has 0 saturated heterocycles. The summed E-state index contributed by atoms with van der Waals surface area (Å²) in [4.78, 5) is 29.0. The largest absolute Gasteiger partial charge is 0.325 e. The smallest absolute Gasteiger partial charge is 0.257 e. The van der Waals surface area contributed by atoms with Crippen LogP contribution in [-0.2, 0) is 10.2 Å². The summed E-state index contributed by atoms with van der Waals surface area (Å²) in [6, 6.07) is 20.1. The van der Waals surface area contributed by atoms with Crippen LogP contribution in [0.25, 0.3) is 0 Å². The van der Waals surface area contributed by atoms with Crippen LogP contribution < -0.4 is 10.6 Å². The minimum atomic E-state index is -0.684. The van der Waals surface area contributed by atoms with E-state index in [1.54, 1.807) is 42.6 Å². The zero-order valence-corrected chi connectivity index (χ0v) is 15.3. The molecule has 0 saturated carbocycles. The maximum atomic E-state index is 12.8. The van der Waals surface area contributed by atoms with E-state index in [0.29, 0.717) is 16.9 Å². The molecule has 0 aliphatic heterocycles. The minimum Gasteiger partial charge on any atom is -0.325 e. The van der Waals surface area contributed by atoms with Crippen LogP contribution >= 0.6 is 0 Å². The number of nitrogens with one attached hydrogen (secondary N) is 2. The summed E-state index contributed by atoms with van der Waals surface area (Å²) in [5.74, 6) is -0.374. The molecule has 0 aliphatic rings. The lowest BCUT2D eigenvalue weighted by atomic mass is 9.83. The Labute approximate surface area is 158 Å². The Kier molecular flexibility index (Phi) is 5.31. The fourth-order valence-electron chi connectivity index (χ4n) is 2.65. The van der Waals surface area contributed by atoms with Gasteiger partial charge in [-0.25, -0.2) is 0 Å². The second-order valence-electron chi connectivity index (χ2n) is 6.72. The van der Waals surface area contributed by atoms with Gasteiger partial charge in [-0.1, -0.05) is 36.4 Å². The van der Waals surface area contributed by atoms with Gasteiger partial charge in [0.05, 0.1) is 11.0 Å². The fraction of sp³-hybridized carbons (Fsp3) is 0.136. The highest BCUT2D eigenvalue weighted by Crippen LogP contribution is 2.25. The highest BCUT2D eigenvalue weighted by Gasteiger charge is 2.29. The van der Waals surface area contributed by atoms with Crippen LogP contribution in [0.4, 0.5) is 11.4 Å². The summed E-state index contributed by atoms with van der Waals surface area (Å²) in [6.07, 6.45) is 3.12. The minimum absolute atomic E-state index is 0.121. The van der Waals surface area contributed by atoms with Gasteiger partial charge in [-0.2, -0.15) is 0 Å². The molecule has 5 heteroatoms. The first-order valence-electron chi connectivity index (χ1n) is 8.65. The van der Waals surface area contributed by atoms with Crippen molar-refractivity contribution in [3.05, 3.63) is 90.3 Å². The van der Waals surface area contributed by atoms with Crippen molar-refractivity contribution in [2.24, 2.45) is 0 Å². The van der Waals surface area contributed by atoms with Crippen molar-refractivity contribution in [3.8, 4) is 0 Å². The summed E-state index contributed by atoms with van der Waals surface area (Å²) >= 11 is 0. The van der Waals surface area contributed by atoms with Crippen LogP contribution in [0.5, 0.6) is 0 Å². The molecule has 0 spiro atoms. The van der Waals surface area contributed by atoms with Gasteiger partial charge < -0.3 is 10.6 Å². The van der Waals surface area contributed by atoms with Crippen molar-refractivity contribution in [3.63, 3.8) is 0 Å². The number of carbonyl (C=O) groups is 2. The number of rotatable bonds is 5. The van der Waals surface area contributed by atoms with E-state index in [2.05, 4.69) is 15.6 Å². The summed E-state index contributed by atoms with van der Waals surface area (Å²) in [5, 5.41) is 5.74. The Morgan fingerprint density at radius 2 is 1.56 bits per heavy atom. The molecular weight excluding hydrogens is 338 g/mol. The van der Waals surface area contributed by atoms with Gasteiger partial charge in [-0.05, 0) is 49.7 Å². The standard InChI is InChI=1S/C22H21N3O2/c1-22(2,17-9-4-3-5-10-17)21(27)25-19-12-6-11-18(14-19)24-20(26)16-8-7-13-23-15-16/h3-15H,1-2H3,(H,24,26)(H,25,27). The van der Waals surface area contributed by atoms with Gasteiger partial charge in [0.15, 0.2) is 0 Å². The summed E-state index contributed by atoms with van der Waals surface area (Å²) in [6.45, 7) is 3.76. The first-order valence-corrected chi connectivity index (χ1v) is 8.65. The Balaban J connectivity index is 1.72. The first-order chi connectivity index (χ1) is 13.0. The third-order valence-electron chi connectivity index (χ3n) is 4.37. The fourth-order valence-corrected chi connectivity index (χ4v) is 2.65. The highest BCUT2D eigenvalue weighted by atomic mass is 16.2. The molecular formula is C22H21N3O2. The van der Waals surface area contributed by atoms with Crippen molar-refractivity contribution in [2.45, 2.75) is 19.3 Å². The Morgan fingerprint density at radius 1 is 0.852 bits per heavy atom. The van der Waals surface area contributed by atoms with Crippen LogP contribution in [0, 0.1) is 0 Å². The molecule has 5 nitrogen and oxygen atoms in total. The lowest BCUT2D eigenvalue weighted by Gasteiger charge is -2.24. The molecule has 27 heavy (non-hydrogen) atoms. The SMILES string of the molecule is CC(C)(C(=O)Nc1cccc(NC(=O)c2cccnc2)c1)c1ccccc1. The molecule has 0 bridgehead atoms. The van der Waals surface area contributed by atoms with E-state index in [4.69, 9.17) is 0 Å². The maximum absolute atomic E-state index is 12.8. The number of benzene rings is 2. The predicted octanol–water partition coefficient (Wildman–Crippen LogP) is 4.25. The van der Waals surface area contributed by atoms with E-state index in [9.17, 15) is 9.59 Å². The van der Waals surface area contributed by atoms with Crippen molar-refractivity contribution in [1.82, 2.24) is 4.98 Å². The number of anilines is 2. The molecule has 2 aromatic carbocycles. The number of amides is 2. The summed E-state index contributed by atoms with van der Waals surface area (Å²) in [5.41, 5.74) is 1.93. The average Bonchev–Trinajstić information content (AvgIpc) is 2.69. The molecule has 0 fully saturated rings. The van der Waals surface area contributed by atoms with Crippen LogP contribution in [0.3, 0.4) is 0 Å². The molecule has 0 unspecified atom stereocenters. The van der Waals surface area contributed by atoms with Crippen molar-refractivity contribution < 1.29 is 9.59 Å². The predicted molar refractivity (Wildman–Crippen MR) is 107 cm³/mol. The van der Waals surface area contributed by atoms with E-state index < -0.39 is 5.41 Å². The van der Waals surface area contributed by atoms with Crippen molar-refractivity contribution in [2.75, 3.05) is 10.6 Å². The first kappa shape index (κ1) is 18.3. The number of aromatic nitrogens is 1. The van der Waals surface area contributed by atoms with E-state index in [-0.39, 0.29) is 11.8 Å². The Hall–Kier alpha value is -3.47. The molecule has 2 amide bonds. The average molecular weight is 359 g/mol. The Bertz CT molecular complexity index is 938. The topological polar surface area (TPSA) is 71.1 Å². The number of carbonyl (C=O) groups excluding carboxylic acids is 2. The van der Waals surface area contributed by atoms with Crippen molar-refractivity contribution in [1.29, 1.82) is 0 Å². The summed E-state index contributed by atoms with van der Waals surface area (Å²) in [7, 11) is 0. The molecule has 3 rings (SSSR count). The molecule has 3 aromatic rings. The third kappa shape index (κ3) is 4.39. The zero-order valence-electron chi connectivity index (χ0n) is 15.3. The van der Waals surface area contributed by atoms with Gasteiger partial charge in [0.2, 0.25) is 5.91 Å². The van der Waals surface area contributed by atoms with E-state index in [1.807, 2.05) is 44.2 Å². The normalized spacial score (nSPS) is 10.9. The van der Waals surface area contributed by atoms with Crippen LogP contribution in [0.1, 0.15) is 29.8 Å². The van der Waals surface area contributed by atoms with Gasteiger partial charge in [0, 0.05) is 23.8 Å². The molecule has 0 aliphatic carbocycles. The molecule has 0 atom stereocenters. The number of hydrogen-bond donors (Lipinski definition) is 2. The van der Waals surface area contributed by atoms with E-state index >= 15 is 0 Å². The van der Waals surface area contributed by atoms with Gasteiger partial charge >= 0.3 is 0 Å². The second-order valence-corrected chi connectivity index (χ2v) is 6.72. The monoisotopic (exact) mass is 359 g/mol. The number of hydrogen-bond acceptors (Lipinski definition) is 3. The molecule has 1 aromatic heterocycles. The highest BCUT2D eigenvalue weighted by molar-refractivity contribution is 6.04. The number of nitrogens with zero attached hydrogens (tertiary/aromatic N) is 1. The van der Waals surface area contributed by atoms with Crippen LogP contribution in [0.2, 0.25) is 0 Å². The van der Waals surface area contributed by atoms with E-state index in [1.165, 1.54) is 6.20 Å². The molecule has 0 radical (unpaired) electrons. The lowest BCUT2D eigenvalue weighted by molar-refractivity contribution is -0.120. The quantitative estimate of drug-likeness (QED) is 0.715. The van der Waals surface area contributed by atoms with Crippen molar-refractivity contribution >= 4 is 23.2 Å². The van der Waals surface area contributed by atoms with E-state index in [0.717, 1.165) is 5.56 Å². The Morgan fingerprint density at radius 3 is 2.22 bits per heavy atom. The van der Waals surface area contributed by atoms with Crippen LogP contribution in [0.15, 0.2) is 79.1 Å². The van der Waals surface area contributed by atoms with Gasteiger partial charge in [0.1, 0.15) is 0 Å². The van der Waals surface area contributed by atoms with Gasteiger partial charge in [-0.15, -0.1) is 0 Å². The van der Waals surface area contributed by atoms with Gasteiger partial charge in [-0.3, -0.25) is 14.6 Å². The van der Waals surface area contributed by atoms with Gasteiger partial charge in [0.25, 0.3) is 5.91 Å².